The van der Waals surface area contributed by atoms with Crippen molar-refractivity contribution in [3.8, 4) is 0 Å². The van der Waals surface area contributed by atoms with E-state index in [2.05, 4.69) is 85.4 Å². The second-order valence-corrected chi connectivity index (χ2v) is 11.1. The molecule has 3 nitrogen and oxygen atoms in total. The van der Waals surface area contributed by atoms with E-state index in [1.807, 2.05) is 0 Å². The molecule has 2 fully saturated rings. The van der Waals surface area contributed by atoms with Crippen molar-refractivity contribution >= 4 is 17.3 Å². The Hall–Kier alpha value is -2.55. The molecule has 0 spiro atoms. The Bertz CT molecular complexity index is 1090. The first-order valence-corrected chi connectivity index (χ1v) is 14.5. The summed E-state index contributed by atoms with van der Waals surface area (Å²) in [5.41, 5.74) is 5.72. The zero-order chi connectivity index (χ0) is 25.3. The Balaban J connectivity index is 0.000000286. The number of aromatic nitrogens is 1. The molecule has 1 amide bonds. The second-order valence-electron chi connectivity index (χ2n) is 11.1. The highest BCUT2D eigenvalue weighted by Crippen LogP contribution is 2.39. The van der Waals surface area contributed by atoms with Crippen molar-refractivity contribution < 1.29 is 4.79 Å². The minimum absolute atomic E-state index is 0.467. The molecule has 2 unspecified atom stereocenters. The Morgan fingerprint density at radius 1 is 0.944 bits per heavy atom. The average molecular weight is 487 g/mol. The molecule has 3 heteroatoms. The van der Waals surface area contributed by atoms with E-state index in [4.69, 9.17) is 0 Å². The van der Waals surface area contributed by atoms with E-state index in [1.165, 1.54) is 91.8 Å². The van der Waals surface area contributed by atoms with Crippen LogP contribution in [0.15, 0.2) is 54.7 Å². The SMILES string of the molecule is CCC(c1cccc(C)c1)c1cn(C(C)C2CCCCC2)c2ccccc12.O=CNC1CCCCC1. The van der Waals surface area contributed by atoms with Gasteiger partial charge in [-0.15, -0.1) is 0 Å². The molecule has 2 aliphatic carbocycles. The van der Waals surface area contributed by atoms with Crippen molar-refractivity contribution in [1.29, 1.82) is 0 Å². The van der Waals surface area contributed by atoms with E-state index in [0.717, 1.165) is 18.7 Å². The molecule has 0 radical (unpaired) electrons. The molecular weight excluding hydrogens is 440 g/mol. The molecule has 0 bridgehead atoms. The van der Waals surface area contributed by atoms with Crippen molar-refractivity contribution in [1.82, 2.24) is 9.88 Å². The summed E-state index contributed by atoms with van der Waals surface area (Å²) in [6.45, 7) is 6.97. The van der Waals surface area contributed by atoms with Crippen LogP contribution >= 0.6 is 0 Å². The average Bonchev–Trinajstić information content (AvgIpc) is 3.30. The first kappa shape index (κ1) is 26.5. The maximum Gasteiger partial charge on any atom is 0.207 e. The van der Waals surface area contributed by atoms with E-state index < -0.39 is 0 Å². The van der Waals surface area contributed by atoms with Crippen LogP contribution in [-0.2, 0) is 4.79 Å². The molecule has 1 aromatic heterocycles. The van der Waals surface area contributed by atoms with E-state index in [1.54, 1.807) is 0 Å². The summed E-state index contributed by atoms with van der Waals surface area (Å²) in [5.74, 6) is 1.29. The Labute approximate surface area is 218 Å². The van der Waals surface area contributed by atoms with Crippen molar-refractivity contribution in [2.45, 2.75) is 109 Å². The molecule has 194 valence electrons. The number of nitrogens with one attached hydrogen (secondary N) is 1. The molecule has 1 N–H and O–H groups in total. The van der Waals surface area contributed by atoms with Crippen LogP contribution < -0.4 is 5.32 Å². The lowest BCUT2D eigenvalue weighted by Crippen LogP contribution is -2.29. The van der Waals surface area contributed by atoms with E-state index >= 15 is 0 Å². The van der Waals surface area contributed by atoms with Crippen LogP contribution in [0.3, 0.4) is 0 Å². The molecule has 5 rings (SSSR count). The van der Waals surface area contributed by atoms with E-state index in [-0.39, 0.29) is 0 Å². The van der Waals surface area contributed by atoms with Crippen LogP contribution in [0.2, 0.25) is 0 Å². The molecule has 3 aromatic rings. The quantitative estimate of drug-likeness (QED) is 0.333. The van der Waals surface area contributed by atoms with Crippen LogP contribution in [0.1, 0.15) is 113 Å². The first-order valence-electron chi connectivity index (χ1n) is 14.5. The number of carbonyl (C=O) groups is 1. The molecule has 2 aromatic carbocycles. The zero-order valence-corrected chi connectivity index (χ0v) is 22.7. The number of para-hydroxylation sites is 1. The van der Waals surface area contributed by atoms with Gasteiger partial charge in [-0.1, -0.05) is 93.5 Å². The van der Waals surface area contributed by atoms with E-state index in [9.17, 15) is 4.79 Å². The third-order valence-corrected chi connectivity index (χ3v) is 8.68. The fourth-order valence-corrected chi connectivity index (χ4v) is 6.58. The highest BCUT2D eigenvalue weighted by atomic mass is 16.1. The Morgan fingerprint density at radius 3 is 2.31 bits per heavy atom. The summed E-state index contributed by atoms with van der Waals surface area (Å²) in [6.07, 6.45) is 17.7. The lowest BCUT2D eigenvalue weighted by molar-refractivity contribution is -0.110. The second kappa shape index (κ2) is 13.1. The van der Waals surface area contributed by atoms with Crippen molar-refractivity contribution in [3.63, 3.8) is 0 Å². The maximum absolute atomic E-state index is 9.96. The largest absolute Gasteiger partial charge is 0.356 e. The number of fused-ring (bicyclic) bond motifs is 1. The molecule has 0 saturated heterocycles. The smallest absolute Gasteiger partial charge is 0.207 e. The summed E-state index contributed by atoms with van der Waals surface area (Å²) in [6, 6.07) is 19.2. The van der Waals surface area contributed by atoms with Gasteiger partial charge in [0.25, 0.3) is 0 Å². The van der Waals surface area contributed by atoms with Crippen LogP contribution in [0.4, 0.5) is 0 Å². The molecule has 2 saturated carbocycles. The number of amides is 1. The van der Waals surface area contributed by atoms with Gasteiger partial charge < -0.3 is 9.88 Å². The molecule has 1 heterocycles. The van der Waals surface area contributed by atoms with Gasteiger partial charge in [0.05, 0.1) is 0 Å². The molecule has 2 atom stereocenters. The van der Waals surface area contributed by atoms with Gasteiger partial charge in [-0.3, -0.25) is 4.79 Å². The van der Waals surface area contributed by atoms with Crippen molar-refractivity contribution in [2.24, 2.45) is 5.92 Å². The number of aryl methyl sites for hydroxylation is 1. The lowest BCUT2D eigenvalue weighted by Gasteiger charge is -2.29. The summed E-state index contributed by atoms with van der Waals surface area (Å²) >= 11 is 0. The van der Waals surface area contributed by atoms with Crippen LogP contribution in [-0.4, -0.2) is 17.0 Å². The number of nitrogens with zero attached hydrogens (tertiary/aromatic N) is 1. The first-order chi connectivity index (χ1) is 17.6. The van der Waals surface area contributed by atoms with Gasteiger partial charge in [0.1, 0.15) is 0 Å². The Kier molecular flexibility index (Phi) is 9.67. The van der Waals surface area contributed by atoms with Crippen LogP contribution in [0.25, 0.3) is 10.9 Å². The molecule has 36 heavy (non-hydrogen) atoms. The minimum atomic E-state index is 0.467. The van der Waals surface area contributed by atoms with Gasteiger partial charge in [-0.25, -0.2) is 0 Å². The predicted octanol–water partition coefficient (Wildman–Crippen LogP) is 8.70. The number of hydrogen-bond donors (Lipinski definition) is 1. The minimum Gasteiger partial charge on any atom is -0.356 e. The highest BCUT2D eigenvalue weighted by Gasteiger charge is 2.25. The fraction of sp³-hybridized carbons (Fsp3) is 0.545. The van der Waals surface area contributed by atoms with Crippen LogP contribution in [0.5, 0.6) is 0 Å². The summed E-state index contributed by atoms with van der Waals surface area (Å²) in [5, 5.41) is 4.24. The summed E-state index contributed by atoms with van der Waals surface area (Å²) < 4.78 is 2.60. The monoisotopic (exact) mass is 486 g/mol. The molecule has 2 aliphatic rings. The number of carbonyl (C=O) groups excluding carboxylic acids is 1. The molecular formula is C33H46N2O. The van der Waals surface area contributed by atoms with Gasteiger partial charge in [0, 0.05) is 35.1 Å². The van der Waals surface area contributed by atoms with Crippen molar-refractivity contribution in [2.75, 3.05) is 0 Å². The fourth-order valence-electron chi connectivity index (χ4n) is 6.58. The number of benzene rings is 2. The Morgan fingerprint density at radius 2 is 1.64 bits per heavy atom. The maximum atomic E-state index is 9.96. The third-order valence-electron chi connectivity index (χ3n) is 8.68. The van der Waals surface area contributed by atoms with Gasteiger partial charge in [0.2, 0.25) is 6.41 Å². The van der Waals surface area contributed by atoms with Gasteiger partial charge in [-0.05, 0) is 69.1 Å². The lowest BCUT2D eigenvalue weighted by atomic mass is 9.84. The van der Waals surface area contributed by atoms with Gasteiger partial charge >= 0.3 is 0 Å². The number of rotatable bonds is 7. The van der Waals surface area contributed by atoms with Gasteiger partial charge in [-0.2, -0.15) is 0 Å². The number of hydrogen-bond acceptors (Lipinski definition) is 1. The topological polar surface area (TPSA) is 34.0 Å². The third kappa shape index (κ3) is 6.41. The standard InChI is InChI=1S/C26H33N.C7H13NO/c1-4-23(22-14-10-11-19(2)17-22)25-18-27(26-16-9-8-15-24(25)26)20(3)21-12-6-5-7-13-21;9-6-8-7-4-2-1-3-5-7/h8-11,14-18,20-21,23H,4-7,12-13H2,1-3H3;6-7H,1-5H2,(H,8,9). The summed E-state index contributed by atoms with van der Waals surface area (Å²) in [7, 11) is 0. The molecule has 0 aliphatic heterocycles. The van der Waals surface area contributed by atoms with E-state index in [0.29, 0.717) is 18.0 Å². The van der Waals surface area contributed by atoms with Crippen LogP contribution in [0, 0.1) is 12.8 Å². The summed E-state index contributed by atoms with van der Waals surface area (Å²) in [4.78, 5) is 9.96. The normalized spacial score (nSPS) is 18.8. The van der Waals surface area contributed by atoms with Gasteiger partial charge in [0.15, 0.2) is 0 Å². The van der Waals surface area contributed by atoms with Crippen molar-refractivity contribution in [3.05, 3.63) is 71.4 Å². The highest BCUT2D eigenvalue weighted by molar-refractivity contribution is 5.85. The zero-order valence-electron chi connectivity index (χ0n) is 22.7. The predicted molar refractivity (Wildman–Crippen MR) is 153 cm³/mol.